The number of carbonyl (C=O) groups excluding carboxylic acids is 2. The first-order valence-electron chi connectivity index (χ1n) is 6.81. The number of rotatable bonds is 7. The molecule has 5 nitrogen and oxygen atoms in total. The average molecular weight is 286 g/mol. The standard InChI is InChI=1S/C16H18N2O3/c1-11(20)4-3-7-17-16-13(10-19)8-12-9-14(21-2)5-6-15(12)18-16/h5-6,8-10H,3-4,7H2,1-2H3,(H,17,18). The molecule has 0 amide bonds. The van der Waals surface area contributed by atoms with Gasteiger partial charge in [-0.3, -0.25) is 4.79 Å². The Balaban J connectivity index is 2.22. The van der Waals surface area contributed by atoms with Crippen molar-refractivity contribution >= 4 is 28.8 Å². The summed E-state index contributed by atoms with van der Waals surface area (Å²) in [6.45, 7) is 2.17. The number of ether oxygens (including phenoxy) is 1. The van der Waals surface area contributed by atoms with Crippen LogP contribution in [0, 0.1) is 0 Å². The number of benzene rings is 1. The molecule has 21 heavy (non-hydrogen) atoms. The van der Waals surface area contributed by atoms with Crippen molar-refractivity contribution in [2.24, 2.45) is 0 Å². The molecule has 0 bridgehead atoms. The van der Waals surface area contributed by atoms with Gasteiger partial charge in [0.15, 0.2) is 6.29 Å². The van der Waals surface area contributed by atoms with Crippen molar-refractivity contribution in [3.05, 3.63) is 29.8 Å². The molecule has 0 radical (unpaired) electrons. The number of aromatic nitrogens is 1. The van der Waals surface area contributed by atoms with Crippen LogP contribution in [-0.4, -0.2) is 30.7 Å². The molecule has 5 heteroatoms. The van der Waals surface area contributed by atoms with Gasteiger partial charge in [-0.1, -0.05) is 0 Å². The number of nitrogens with one attached hydrogen (secondary N) is 1. The largest absolute Gasteiger partial charge is 0.497 e. The van der Waals surface area contributed by atoms with E-state index < -0.39 is 0 Å². The van der Waals surface area contributed by atoms with Crippen LogP contribution in [0.3, 0.4) is 0 Å². The summed E-state index contributed by atoms with van der Waals surface area (Å²) in [4.78, 5) is 26.6. The van der Waals surface area contributed by atoms with Gasteiger partial charge in [-0.05, 0) is 37.6 Å². The lowest BCUT2D eigenvalue weighted by atomic mass is 10.1. The zero-order valence-corrected chi connectivity index (χ0v) is 12.2. The number of methoxy groups -OCH3 is 1. The van der Waals surface area contributed by atoms with E-state index in [4.69, 9.17) is 4.74 Å². The summed E-state index contributed by atoms with van der Waals surface area (Å²) in [6, 6.07) is 7.30. The molecule has 0 fully saturated rings. The van der Waals surface area contributed by atoms with Gasteiger partial charge < -0.3 is 14.8 Å². The van der Waals surface area contributed by atoms with Gasteiger partial charge in [0.1, 0.15) is 17.4 Å². The summed E-state index contributed by atoms with van der Waals surface area (Å²) >= 11 is 0. The van der Waals surface area contributed by atoms with Crippen LogP contribution in [0.15, 0.2) is 24.3 Å². The van der Waals surface area contributed by atoms with Crippen molar-refractivity contribution in [2.75, 3.05) is 19.0 Å². The second-order valence-electron chi connectivity index (χ2n) is 4.84. The van der Waals surface area contributed by atoms with Crippen molar-refractivity contribution in [1.29, 1.82) is 0 Å². The lowest BCUT2D eigenvalue weighted by molar-refractivity contribution is -0.117. The molecular formula is C16H18N2O3. The Labute approximate surface area is 123 Å². The van der Waals surface area contributed by atoms with Crippen LogP contribution in [-0.2, 0) is 4.79 Å². The molecule has 2 aromatic rings. The van der Waals surface area contributed by atoms with E-state index in [0.717, 1.165) is 29.4 Å². The Hall–Kier alpha value is -2.43. The third-order valence-corrected chi connectivity index (χ3v) is 3.18. The Bertz CT molecular complexity index is 668. The third-order valence-electron chi connectivity index (χ3n) is 3.18. The Morgan fingerprint density at radius 1 is 1.38 bits per heavy atom. The number of nitrogens with zero attached hydrogens (tertiary/aromatic N) is 1. The monoisotopic (exact) mass is 286 g/mol. The van der Waals surface area contributed by atoms with E-state index in [1.807, 2.05) is 18.2 Å². The summed E-state index contributed by atoms with van der Waals surface area (Å²) in [5, 5.41) is 3.97. The average Bonchev–Trinajstić information content (AvgIpc) is 2.49. The van der Waals surface area contributed by atoms with Crippen LogP contribution in [0.2, 0.25) is 0 Å². The van der Waals surface area contributed by atoms with E-state index in [1.54, 1.807) is 20.1 Å². The normalized spacial score (nSPS) is 10.4. The summed E-state index contributed by atoms with van der Waals surface area (Å²) in [6.07, 6.45) is 2.02. The molecule has 0 saturated heterocycles. The van der Waals surface area contributed by atoms with E-state index in [1.165, 1.54) is 0 Å². The van der Waals surface area contributed by atoms with E-state index >= 15 is 0 Å². The van der Waals surface area contributed by atoms with Gasteiger partial charge in [0.2, 0.25) is 0 Å². The predicted molar refractivity (Wildman–Crippen MR) is 82.1 cm³/mol. The smallest absolute Gasteiger partial charge is 0.153 e. The number of pyridine rings is 1. The molecule has 0 unspecified atom stereocenters. The minimum atomic E-state index is 0.158. The predicted octanol–water partition coefficient (Wildman–Crippen LogP) is 2.84. The van der Waals surface area contributed by atoms with Crippen LogP contribution < -0.4 is 10.1 Å². The molecule has 1 aromatic heterocycles. The maximum absolute atomic E-state index is 11.2. The van der Waals surface area contributed by atoms with Crippen LogP contribution in [0.1, 0.15) is 30.1 Å². The van der Waals surface area contributed by atoms with Crippen molar-refractivity contribution in [3.63, 3.8) is 0 Å². The minimum Gasteiger partial charge on any atom is -0.497 e. The summed E-state index contributed by atoms with van der Waals surface area (Å²) in [5.74, 6) is 1.43. The second kappa shape index (κ2) is 6.83. The third kappa shape index (κ3) is 3.78. The summed E-state index contributed by atoms with van der Waals surface area (Å²) in [5.41, 5.74) is 1.29. The summed E-state index contributed by atoms with van der Waals surface area (Å²) in [7, 11) is 1.60. The van der Waals surface area contributed by atoms with Gasteiger partial charge in [-0.25, -0.2) is 4.98 Å². The molecule has 1 heterocycles. The molecule has 0 aliphatic heterocycles. The van der Waals surface area contributed by atoms with Crippen LogP contribution in [0.5, 0.6) is 5.75 Å². The number of aldehydes is 1. The Morgan fingerprint density at radius 3 is 2.86 bits per heavy atom. The highest BCUT2D eigenvalue weighted by atomic mass is 16.5. The molecule has 110 valence electrons. The molecule has 0 aliphatic rings. The highest BCUT2D eigenvalue weighted by Crippen LogP contribution is 2.23. The van der Waals surface area contributed by atoms with Gasteiger partial charge in [0.25, 0.3) is 0 Å². The molecule has 1 N–H and O–H groups in total. The number of ketones is 1. The molecule has 0 atom stereocenters. The van der Waals surface area contributed by atoms with Crippen molar-refractivity contribution in [1.82, 2.24) is 4.98 Å². The van der Waals surface area contributed by atoms with Crippen LogP contribution in [0.4, 0.5) is 5.82 Å². The van der Waals surface area contributed by atoms with Gasteiger partial charge in [-0.15, -0.1) is 0 Å². The van der Waals surface area contributed by atoms with E-state index in [-0.39, 0.29) is 5.78 Å². The Kier molecular flexibility index (Phi) is 4.87. The first-order valence-corrected chi connectivity index (χ1v) is 6.81. The fourth-order valence-electron chi connectivity index (χ4n) is 2.07. The van der Waals surface area contributed by atoms with Gasteiger partial charge in [0, 0.05) is 18.4 Å². The van der Waals surface area contributed by atoms with Gasteiger partial charge in [-0.2, -0.15) is 0 Å². The highest BCUT2D eigenvalue weighted by molar-refractivity contribution is 5.92. The maximum atomic E-state index is 11.2. The minimum absolute atomic E-state index is 0.158. The van der Waals surface area contributed by atoms with Crippen molar-refractivity contribution < 1.29 is 14.3 Å². The van der Waals surface area contributed by atoms with Gasteiger partial charge >= 0.3 is 0 Å². The quantitative estimate of drug-likeness (QED) is 0.626. The fraction of sp³-hybridized carbons (Fsp3) is 0.312. The Morgan fingerprint density at radius 2 is 2.19 bits per heavy atom. The molecule has 0 spiro atoms. The number of hydrogen-bond donors (Lipinski definition) is 1. The highest BCUT2D eigenvalue weighted by Gasteiger charge is 2.07. The molecule has 1 aromatic carbocycles. The first kappa shape index (κ1) is 15.0. The molecule has 2 rings (SSSR count). The molecular weight excluding hydrogens is 268 g/mol. The number of fused-ring (bicyclic) bond motifs is 1. The zero-order valence-electron chi connectivity index (χ0n) is 12.2. The van der Waals surface area contributed by atoms with Crippen molar-refractivity contribution in [3.8, 4) is 5.75 Å². The van der Waals surface area contributed by atoms with E-state index in [0.29, 0.717) is 24.3 Å². The zero-order chi connectivity index (χ0) is 15.2. The number of Topliss-reactive ketones (excluding diaryl/α,β-unsaturated/α-hetero) is 1. The number of hydrogen-bond acceptors (Lipinski definition) is 5. The second-order valence-corrected chi connectivity index (χ2v) is 4.84. The summed E-state index contributed by atoms with van der Waals surface area (Å²) < 4.78 is 5.16. The van der Waals surface area contributed by atoms with E-state index in [2.05, 4.69) is 10.3 Å². The lowest BCUT2D eigenvalue weighted by Crippen LogP contribution is -2.07. The van der Waals surface area contributed by atoms with Crippen LogP contribution >= 0.6 is 0 Å². The number of carbonyl (C=O) groups is 2. The SMILES string of the molecule is COc1ccc2nc(NCCCC(C)=O)c(C=O)cc2c1. The maximum Gasteiger partial charge on any atom is 0.153 e. The lowest BCUT2D eigenvalue weighted by Gasteiger charge is -2.10. The fourth-order valence-corrected chi connectivity index (χ4v) is 2.07. The van der Waals surface area contributed by atoms with Crippen LogP contribution in [0.25, 0.3) is 10.9 Å². The van der Waals surface area contributed by atoms with Gasteiger partial charge in [0.05, 0.1) is 18.2 Å². The molecule has 0 aliphatic carbocycles. The van der Waals surface area contributed by atoms with Crippen molar-refractivity contribution in [2.45, 2.75) is 19.8 Å². The number of anilines is 1. The topological polar surface area (TPSA) is 68.3 Å². The molecule has 0 saturated carbocycles. The van der Waals surface area contributed by atoms with E-state index in [9.17, 15) is 9.59 Å². The first-order chi connectivity index (χ1) is 10.1.